The molecule has 0 aliphatic heterocycles. The van der Waals surface area contributed by atoms with Crippen LogP contribution in [0.2, 0.25) is 0 Å². The number of benzene rings is 1. The third-order valence-corrected chi connectivity index (χ3v) is 3.40. The van der Waals surface area contributed by atoms with Crippen LogP contribution in [0.25, 0.3) is 0 Å². The molecular weight excluding hydrogens is 278 g/mol. The van der Waals surface area contributed by atoms with Gasteiger partial charge in [-0.15, -0.1) is 0 Å². The smallest absolute Gasteiger partial charge is 0.283 e. The molecule has 0 amide bonds. The standard InChI is InChI=1S/C14H19NO6/c1-9(2)14(3,17)8-21-13-6-11(15(18)19)10(7-16)5-12(13)20-4/h5-7,9,17H,8H2,1-4H3. The average Bonchev–Trinajstić information content (AvgIpc) is 2.43. The van der Waals surface area contributed by atoms with Crippen LogP contribution < -0.4 is 9.47 Å². The maximum atomic E-state index is 10.9. The van der Waals surface area contributed by atoms with E-state index in [1.165, 1.54) is 13.2 Å². The summed E-state index contributed by atoms with van der Waals surface area (Å²) >= 11 is 0. The molecule has 21 heavy (non-hydrogen) atoms. The molecule has 1 rings (SSSR count). The van der Waals surface area contributed by atoms with Gasteiger partial charge in [-0.3, -0.25) is 14.9 Å². The van der Waals surface area contributed by atoms with Crippen LogP contribution in [0.4, 0.5) is 5.69 Å². The number of methoxy groups -OCH3 is 1. The quantitative estimate of drug-likeness (QED) is 0.470. The minimum Gasteiger partial charge on any atom is -0.493 e. The van der Waals surface area contributed by atoms with Crippen LogP contribution in [0.1, 0.15) is 31.1 Å². The van der Waals surface area contributed by atoms with E-state index in [0.717, 1.165) is 6.07 Å². The highest BCUT2D eigenvalue weighted by molar-refractivity contribution is 5.83. The van der Waals surface area contributed by atoms with Gasteiger partial charge in [0.1, 0.15) is 6.61 Å². The molecule has 1 unspecified atom stereocenters. The van der Waals surface area contributed by atoms with Crippen molar-refractivity contribution in [3.63, 3.8) is 0 Å². The highest BCUT2D eigenvalue weighted by Crippen LogP contribution is 2.34. The lowest BCUT2D eigenvalue weighted by molar-refractivity contribution is -0.385. The van der Waals surface area contributed by atoms with Crippen LogP contribution >= 0.6 is 0 Å². The molecule has 0 aromatic heterocycles. The number of carbonyl (C=O) groups excluding carboxylic acids is 1. The fourth-order valence-corrected chi connectivity index (χ4v) is 1.48. The van der Waals surface area contributed by atoms with Crippen molar-refractivity contribution in [3.05, 3.63) is 27.8 Å². The Bertz CT molecular complexity index is 539. The number of aldehydes is 1. The molecule has 7 nitrogen and oxygen atoms in total. The van der Waals surface area contributed by atoms with Gasteiger partial charge < -0.3 is 14.6 Å². The van der Waals surface area contributed by atoms with E-state index in [-0.39, 0.29) is 35.3 Å². The van der Waals surface area contributed by atoms with E-state index in [9.17, 15) is 20.0 Å². The fraction of sp³-hybridized carbons (Fsp3) is 0.500. The second-order valence-electron chi connectivity index (χ2n) is 5.24. The summed E-state index contributed by atoms with van der Waals surface area (Å²) < 4.78 is 10.5. The molecule has 1 N–H and O–H groups in total. The molecule has 0 bridgehead atoms. The number of rotatable bonds is 7. The van der Waals surface area contributed by atoms with E-state index in [2.05, 4.69) is 0 Å². The predicted molar refractivity (Wildman–Crippen MR) is 76.0 cm³/mol. The Kier molecular flexibility index (Phi) is 5.26. The lowest BCUT2D eigenvalue weighted by Crippen LogP contribution is -2.37. The number of nitro groups is 1. The SMILES string of the molecule is COc1cc(C=O)c([N+](=O)[O-])cc1OCC(C)(O)C(C)C. The third-order valence-electron chi connectivity index (χ3n) is 3.40. The molecule has 1 aromatic rings. The van der Waals surface area contributed by atoms with E-state index in [0.29, 0.717) is 6.29 Å². The van der Waals surface area contributed by atoms with Gasteiger partial charge in [0, 0.05) is 6.07 Å². The Morgan fingerprint density at radius 1 is 1.43 bits per heavy atom. The van der Waals surface area contributed by atoms with Gasteiger partial charge in [0.25, 0.3) is 5.69 Å². The molecule has 0 heterocycles. The normalized spacial score (nSPS) is 13.6. The Morgan fingerprint density at radius 3 is 2.48 bits per heavy atom. The van der Waals surface area contributed by atoms with Gasteiger partial charge in [0.15, 0.2) is 17.8 Å². The summed E-state index contributed by atoms with van der Waals surface area (Å²) in [7, 11) is 1.36. The summed E-state index contributed by atoms with van der Waals surface area (Å²) in [5, 5.41) is 21.1. The average molecular weight is 297 g/mol. The molecule has 0 spiro atoms. The van der Waals surface area contributed by atoms with Gasteiger partial charge in [-0.2, -0.15) is 0 Å². The minimum atomic E-state index is -1.09. The van der Waals surface area contributed by atoms with E-state index < -0.39 is 10.5 Å². The van der Waals surface area contributed by atoms with Gasteiger partial charge in [0.05, 0.1) is 29.3 Å². The first kappa shape index (κ1) is 16.9. The second kappa shape index (κ2) is 6.53. The molecule has 0 saturated carbocycles. The van der Waals surface area contributed by atoms with Crippen molar-refractivity contribution in [2.45, 2.75) is 26.4 Å². The molecular formula is C14H19NO6. The zero-order valence-corrected chi connectivity index (χ0v) is 12.5. The first-order valence-corrected chi connectivity index (χ1v) is 6.39. The Labute approximate surface area is 122 Å². The van der Waals surface area contributed by atoms with Crippen LogP contribution in [0.15, 0.2) is 12.1 Å². The summed E-state index contributed by atoms with van der Waals surface area (Å²) in [6, 6.07) is 2.36. The Morgan fingerprint density at radius 2 is 2.05 bits per heavy atom. The summed E-state index contributed by atoms with van der Waals surface area (Å²) in [5.41, 5.74) is -1.56. The van der Waals surface area contributed by atoms with Crippen molar-refractivity contribution in [1.82, 2.24) is 0 Å². The number of nitrogens with zero attached hydrogens (tertiary/aromatic N) is 1. The molecule has 0 aliphatic rings. The Balaban J connectivity index is 3.14. The second-order valence-corrected chi connectivity index (χ2v) is 5.24. The van der Waals surface area contributed by atoms with Gasteiger partial charge in [-0.25, -0.2) is 0 Å². The molecule has 1 atom stereocenters. The maximum Gasteiger partial charge on any atom is 0.283 e. The van der Waals surface area contributed by atoms with E-state index in [4.69, 9.17) is 9.47 Å². The predicted octanol–water partition coefficient (Wildman–Crippen LogP) is 2.20. The molecule has 116 valence electrons. The third kappa shape index (κ3) is 3.91. The van der Waals surface area contributed by atoms with Crippen LogP contribution in [0, 0.1) is 16.0 Å². The number of hydrogen-bond donors (Lipinski definition) is 1. The van der Waals surface area contributed by atoms with Crippen molar-refractivity contribution in [3.8, 4) is 11.5 Å². The number of nitro benzene ring substituents is 1. The van der Waals surface area contributed by atoms with Gasteiger partial charge in [0.2, 0.25) is 0 Å². The van der Waals surface area contributed by atoms with Gasteiger partial charge in [-0.05, 0) is 12.8 Å². The zero-order chi connectivity index (χ0) is 16.2. The van der Waals surface area contributed by atoms with E-state index in [1.807, 2.05) is 13.8 Å². The molecule has 7 heteroatoms. The van der Waals surface area contributed by atoms with Crippen LogP contribution in [-0.4, -0.2) is 35.6 Å². The maximum absolute atomic E-state index is 10.9. The number of carbonyl (C=O) groups is 1. The van der Waals surface area contributed by atoms with Crippen LogP contribution in [-0.2, 0) is 0 Å². The molecule has 0 aliphatic carbocycles. The lowest BCUT2D eigenvalue weighted by Gasteiger charge is -2.27. The van der Waals surface area contributed by atoms with Crippen LogP contribution in [0.5, 0.6) is 11.5 Å². The van der Waals surface area contributed by atoms with Crippen molar-refractivity contribution in [1.29, 1.82) is 0 Å². The van der Waals surface area contributed by atoms with E-state index in [1.54, 1.807) is 6.92 Å². The zero-order valence-electron chi connectivity index (χ0n) is 12.5. The summed E-state index contributed by atoms with van der Waals surface area (Å²) in [6.45, 7) is 5.22. The van der Waals surface area contributed by atoms with Crippen LogP contribution in [0.3, 0.4) is 0 Å². The first-order valence-electron chi connectivity index (χ1n) is 6.39. The molecule has 0 fully saturated rings. The number of ether oxygens (including phenoxy) is 2. The first-order chi connectivity index (χ1) is 9.72. The van der Waals surface area contributed by atoms with Crippen molar-refractivity contribution in [2.75, 3.05) is 13.7 Å². The highest BCUT2D eigenvalue weighted by atomic mass is 16.6. The van der Waals surface area contributed by atoms with Gasteiger partial charge in [-0.1, -0.05) is 13.8 Å². The minimum absolute atomic E-state index is 0.0569. The largest absolute Gasteiger partial charge is 0.493 e. The topological polar surface area (TPSA) is 98.9 Å². The molecule has 0 saturated heterocycles. The summed E-state index contributed by atoms with van der Waals surface area (Å²) in [4.78, 5) is 21.1. The van der Waals surface area contributed by atoms with Crippen molar-refractivity contribution >= 4 is 12.0 Å². The van der Waals surface area contributed by atoms with Gasteiger partial charge >= 0.3 is 0 Å². The highest BCUT2D eigenvalue weighted by Gasteiger charge is 2.27. The number of aliphatic hydroxyl groups is 1. The summed E-state index contributed by atoms with van der Waals surface area (Å²) in [5.74, 6) is 0.241. The number of hydrogen-bond acceptors (Lipinski definition) is 6. The molecule has 1 aromatic carbocycles. The molecule has 0 radical (unpaired) electrons. The van der Waals surface area contributed by atoms with Crippen molar-refractivity contribution < 1.29 is 24.3 Å². The monoisotopic (exact) mass is 297 g/mol. The summed E-state index contributed by atoms with van der Waals surface area (Å²) in [6.07, 6.45) is 0.384. The van der Waals surface area contributed by atoms with E-state index >= 15 is 0 Å². The van der Waals surface area contributed by atoms with Crippen molar-refractivity contribution in [2.24, 2.45) is 5.92 Å². The Hall–Kier alpha value is -2.15. The lowest BCUT2D eigenvalue weighted by atomic mass is 9.94. The fourth-order valence-electron chi connectivity index (χ4n) is 1.48.